The van der Waals surface area contributed by atoms with E-state index in [0.717, 1.165) is 45.4 Å². The number of non-ortho nitro benzene ring substituents is 1. The van der Waals surface area contributed by atoms with Crippen LogP contribution in [0.3, 0.4) is 0 Å². The fourth-order valence-electron chi connectivity index (χ4n) is 6.16. The van der Waals surface area contributed by atoms with Gasteiger partial charge in [-0.05, 0) is 73.2 Å². The van der Waals surface area contributed by atoms with Crippen LogP contribution in [-0.4, -0.2) is 4.92 Å². The fourth-order valence-corrected chi connectivity index (χ4v) is 6.16. The number of hydrogen-bond donors (Lipinski definition) is 0. The van der Waals surface area contributed by atoms with Crippen LogP contribution in [0.15, 0.2) is 140 Å². The molecule has 0 fully saturated rings. The molecule has 0 aliphatic heterocycles. The minimum absolute atomic E-state index is 0.0918. The molecule has 0 saturated carbocycles. The molecule has 0 bridgehead atoms. The Bertz CT molecular complexity index is 1880. The summed E-state index contributed by atoms with van der Waals surface area (Å²) in [6, 6.07) is 47.3. The second kappa shape index (κ2) is 9.79. The molecule has 6 aromatic carbocycles. The minimum Gasteiger partial charge on any atom is -0.258 e. The van der Waals surface area contributed by atoms with Crippen LogP contribution < -0.4 is 0 Å². The predicted molar refractivity (Wildman–Crippen MR) is 163 cm³/mol. The van der Waals surface area contributed by atoms with E-state index >= 15 is 0 Å². The first-order chi connectivity index (χ1) is 19.7. The molecule has 3 nitrogen and oxygen atoms in total. The van der Waals surface area contributed by atoms with E-state index in [1.165, 1.54) is 27.8 Å². The molecule has 1 aliphatic carbocycles. The van der Waals surface area contributed by atoms with Gasteiger partial charge < -0.3 is 0 Å². The first kappa shape index (κ1) is 23.8. The SMILES string of the molecule is O=[N+]([O-])c1cccc(-c2c3c(c(-c4ccccc4)c(-c4ccccc4)c2-c2ccccc2)-c2ccccc2C3)c1. The lowest BCUT2D eigenvalue weighted by atomic mass is 9.77. The van der Waals surface area contributed by atoms with Gasteiger partial charge in [-0.3, -0.25) is 10.1 Å². The normalized spacial score (nSPS) is 11.6. The Labute approximate surface area is 233 Å². The molecular formula is C37H25NO2. The highest BCUT2D eigenvalue weighted by Gasteiger charge is 2.32. The average molecular weight is 516 g/mol. The van der Waals surface area contributed by atoms with Gasteiger partial charge in [0.2, 0.25) is 0 Å². The zero-order valence-electron chi connectivity index (χ0n) is 21.7. The van der Waals surface area contributed by atoms with E-state index in [9.17, 15) is 10.1 Å². The lowest BCUT2D eigenvalue weighted by Crippen LogP contribution is -2.01. The third-order valence-corrected chi connectivity index (χ3v) is 7.79. The van der Waals surface area contributed by atoms with Gasteiger partial charge in [-0.15, -0.1) is 0 Å². The Balaban J connectivity index is 1.73. The summed E-state index contributed by atoms with van der Waals surface area (Å²) >= 11 is 0. The van der Waals surface area contributed by atoms with Gasteiger partial charge in [-0.25, -0.2) is 0 Å². The van der Waals surface area contributed by atoms with Gasteiger partial charge in [-0.1, -0.05) is 127 Å². The zero-order chi connectivity index (χ0) is 27.1. The number of benzene rings is 6. The maximum absolute atomic E-state index is 11.9. The van der Waals surface area contributed by atoms with Crippen LogP contribution in [0.1, 0.15) is 11.1 Å². The second-order valence-corrected chi connectivity index (χ2v) is 10.1. The van der Waals surface area contributed by atoms with Crippen LogP contribution in [0.5, 0.6) is 0 Å². The molecule has 0 N–H and O–H groups in total. The summed E-state index contributed by atoms with van der Waals surface area (Å²) in [4.78, 5) is 11.6. The quantitative estimate of drug-likeness (QED) is 0.169. The first-order valence-corrected chi connectivity index (χ1v) is 13.4. The number of nitro groups is 1. The van der Waals surface area contributed by atoms with E-state index in [1.54, 1.807) is 18.2 Å². The van der Waals surface area contributed by atoms with E-state index in [1.807, 2.05) is 18.2 Å². The summed E-state index contributed by atoms with van der Waals surface area (Å²) in [5.74, 6) is 0. The van der Waals surface area contributed by atoms with Crippen molar-refractivity contribution >= 4 is 5.69 Å². The van der Waals surface area contributed by atoms with Crippen molar-refractivity contribution in [2.75, 3.05) is 0 Å². The number of rotatable bonds is 5. The van der Waals surface area contributed by atoms with Gasteiger partial charge in [-0.2, -0.15) is 0 Å². The van der Waals surface area contributed by atoms with E-state index < -0.39 is 0 Å². The van der Waals surface area contributed by atoms with Gasteiger partial charge in [0.05, 0.1) is 4.92 Å². The average Bonchev–Trinajstić information content (AvgIpc) is 3.40. The Kier molecular flexibility index (Phi) is 5.83. The molecule has 0 heterocycles. The van der Waals surface area contributed by atoms with Crippen LogP contribution in [0.4, 0.5) is 5.69 Å². The molecule has 7 rings (SSSR count). The monoisotopic (exact) mass is 515 g/mol. The topological polar surface area (TPSA) is 43.1 Å². The second-order valence-electron chi connectivity index (χ2n) is 10.1. The number of fused-ring (bicyclic) bond motifs is 3. The van der Waals surface area contributed by atoms with E-state index in [2.05, 4.69) is 103 Å². The molecule has 40 heavy (non-hydrogen) atoms. The Morgan fingerprint density at radius 3 is 1.52 bits per heavy atom. The first-order valence-electron chi connectivity index (χ1n) is 13.4. The van der Waals surface area contributed by atoms with Crippen LogP contribution in [0.2, 0.25) is 0 Å². The third-order valence-electron chi connectivity index (χ3n) is 7.79. The number of nitrogens with zero attached hydrogens (tertiary/aromatic N) is 1. The molecule has 1 aliphatic rings. The van der Waals surface area contributed by atoms with E-state index in [0.29, 0.717) is 0 Å². The van der Waals surface area contributed by atoms with Crippen molar-refractivity contribution in [1.29, 1.82) is 0 Å². The lowest BCUT2D eigenvalue weighted by molar-refractivity contribution is -0.384. The maximum atomic E-state index is 11.9. The smallest absolute Gasteiger partial charge is 0.258 e. The van der Waals surface area contributed by atoms with Crippen LogP contribution in [-0.2, 0) is 6.42 Å². The van der Waals surface area contributed by atoms with Crippen molar-refractivity contribution in [1.82, 2.24) is 0 Å². The number of hydrogen-bond acceptors (Lipinski definition) is 2. The molecule has 190 valence electrons. The van der Waals surface area contributed by atoms with E-state index in [4.69, 9.17) is 0 Å². The largest absolute Gasteiger partial charge is 0.270 e. The highest BCUT2D eigenvalue weighted by molar-refractivity contribution is 6.11. The number of nitro benzene ring substituents is 1. The fraction of sp³-hybridized carbons (Fsp3) is 0.0270. The molecule has 0 atom stereocenters. The lowest BCUT2D eigenvalue weighted by Gasteiger charge is -2.25. The highest BCUT2D eigenvalue weighted by Crippen LogP contribution is 2.56. The van der Waals surface area contributed by atoms with Crippen LogP contribution >= 0.6 is 0 Å². The van der Waals surface area contributed by atoms with Gasteiger partial charge in [0.15, 0.2) is 0 Å². The summed E-state index contributed by atoms with van der Waals surface area (Å²) < 4.78 is 0. The van der Waals surface area contributed by atoms with Gasteiger partial charge >= 0.3 is 0 Å². The molecule has 0 radical (unpaired) electrons. The van der Waals surface area contributed by atoms with Crippen LogP contribution in [0.25, 0.3) is 55.6 Å². The zero-order valence-corrected chi connectivity index (χ0v) is 21.7. The van der Waals surface area contributed by atoms with Crippen molar-refractivity contribution < 1.29 is 4.92 Å². The molecule has 0 amide bonds. The van der Waals surface area contributed by atoms with Gasteiger partial charge in [0.25, 0.3) is 5.69 Å². The Morgan fingerprint density at radius 2 is 0.950 bits per heavy atom. The van der Waals surface area contributed by atoms with Crippen molar-refractivity contribution in [3.05, 3.63) is 161 Å². The molecule has 6 aromatic rings. The molecule has 0 unspecified atom stereocenters. The molecular weight excluding hydrogens is 490 g/mol. The van der Waals surface area contributed by atoms with Crippen molar-refractivity contribution in [3.63, 3.8) is 0 Å². The Hall–Kier alpha value is -5.28. The predicted octanol–water partition coefficient (Wildman–Crippen LogP) is 9.83. The summed E-state index contributed by atoms with van der Waals surface area (Å²) in [7, 11) is 0. The summed E-state index contributed by atoms with van der Waals surface area (Å²) in [5.41, 5.74) is 13.7. The van der Waals surface area contributed by atoms with Crippen molar-refractivity contribution in [3.8, 4) is 55.6 Å². The molecule has 0 aromatic heterocycles. The molecule has 0 spiro atoms. The summed E-state index contributed by atoms with van der Waals surface area (Å²) in [5, 5.41) is 11.9. The minimum atomic E-state index is -0.308. The maximum Gasteiger partial charge on any atom is 0.270 e. The Morgan fingerprint density at radius 1 is 0.475 bits per heavy atom. The van der Waals surface area contributed by atoms with Crippen molar-refractivity contribution in [2.45, 2.75) is 6.42 Å². The summed E-state index contributed by atoms with van der Waals surface area (Å²) in [6.07, 6.45) is 0.762. The molecule has 3 heteroatoms. The summed E-state index contributed by atoms with van der Waals surface area (Å²) in [6.45, 7) is 0. The van der Waals surface area contributed by atoms with Gasteiger partial charge in [0.1, 0.15) is 0 Å². The highest BCUT2D eigenvalue weighted by atomic mass is 16.6. The van der Waals surface area contributed by atoms with Crippen molar-refractivity contribution in [2.24, 2.45) is 0 Å². The standard InChI is InChI=1S/C37H25NO2/c39-38(40)30-21-12-20-29(23-30)33-32-24-28-19-10-11-22-31(28)37(32)36(27-17-8-3-9-18-27)35(26-15-6-2-7-16-26)34(33)25-13-4-1-5-14-25/h1-23H,24H2. The van der Waals surface area contributed by atoms with Gasteiger partial charge in [0, 0.05) is 12.1 Å². The molecule has 0 saturated heterocycles. The van der Waals surface area contributed by atoms with E-state index in [-0.39, 0.29) is 10.6 Å². The van der Waals surface area contributed by atoms with Crippen LogP contribution in [0, 0.1) is 10.1 Å². The third kappa shape index (κ3) is 3.91.